The summed E-state index contributed by atoms with van der Waals surface area (Å²) in [4.78, 5) is 15.0. The molecule has 0 spiro atoms. The van der Waals surface area contributed by atoms with E-state index in [4.69, 9.17) is 4.74 Å². The monoisotopic (exact) mass is 380 g/mol. The summed E-state index contributed by atoms with van der Waals surface area (Å²) in [6.45, 7) is 9.56. The first-order valence-electron chi connectivity index (χ1n) is 10.3. The van der Waals surface area contributed by atoms with Crippen molar-refractivity contribution in [1.29, 1.82) is 0 Å². The Morgan fingerprint density at radius 2 is 1.61 bits per heavy atom. The van der Waals surface area contributed by atoms with Gasteiger partial charge >= 0.3 is 0 Å². The Morgan fingerprint density at radius 3 is 2.21 bits per heavy atom. The van der Waals surface area contributed by atoms with Gasteiger partial charge in [-0.15, -0.1) is 0 Å². The minimum absolute atomic E-state index is 0.000564. The van der Waals surface area contributed by atoms with Crippen molar-refractivity contribution in [1.82, 2.24) is 10.2 Å². The molecular formula is C24H32N2O2. The Balaban J connectivity index is 1.38. The van der Waals surface area contributed by atoms with Crippen LogP contribution >= 0.6 is 0 Å². The Bertz CT molecular complexity index is 747. The number of hydrogen-bond acceptors (Lipinski definition) is 3. The fourth-order valence-corrected chi connectivity index (χ4v) is 3.56. The Hall–Kier alpha value is -2.33. The molecule has 2 aromatic carbocycles. The normalized spacial score (nSPS) is 16.5. The van der Waals surface area contributed by atoms with Crippen molar-refractivity contribution in [3.05, 3.63) is 65.2 Å². The summed E-state index contributed by atoms with van der Waals surface area (Å²) in [5.74, 6) is 1.11. The molecule has 1 heterocycles. The lowest BCUT2D eigenvalue weighted by molar-refractivity contribution is -0.127. The number of ether oxygens (including phenoxy) is 1. The number of carbonyl (C=O) groups excluding carboxylic acids is 1. The number of carbonyl (C=O) groups is 1. The molecule has 4 heteroatoms. The zero-order chi connectivity index (χ0) is 19.9. The summed E-state index contributed by atoms with van der Waals surface area (Å²) in [5.41, 5.74) is 3.84. The average molecular weight is 381 g/mol. The van der Waals surface area contributed by atoms with Gasteiger partial charge in [0.2, 0.25) is 5.91 Å². The van der Waals surface area contributed by atoms with E-state index in [1.807, 2.05) is 31.2 Å². The van der Waals surface area contributed by atoms with Crippen LogP contribution in [-0.2, 0) is 11.3 Å². The van der Waals surface area contributed by atoms with Crippen LogP contribution in [0.1, 0.15) is 36.5 Å². The molecule has 1 amide bonds. The van der Waals surface area contributed by atoms with E-state index in [0.29, 0.717) is 6.61 Å². The maximum Gasteiger partial charge on any atom is 0.223 e. The zero-order valence-electron chi connectivity index (χ0n) is 17.3. The van der Waals surface area contributed by atoms with Crippen molar-refractivity contribution in [2.75, 3.05) is 19.7 Å². The van der Waals surface area contributed by atoms with Crippen molar-refractivity contribution in [2.24, 2.45) is 5.92 Å². The van der Waals surface area contributed by atoms with Crippen molar-refractivity contribution < 1.29 is 9.53 Å². The van der Waals surface area contributed by atoms with Crippen LogP contribution in [0.15, 0.2) is 48.5 Å². The lowest BCUT2D eigenvalue weighted by Crippen LogP contribution is -2.44. The standard InChI is InChI=1S/C24H32N2O2/c1-18-4-8-21(9-5-18)16-26-14-12-22(13-15-26)24(27)25-20(3)17-28-23-10-6-19(2)7-11-23/h4-11,20,22H,12-17H2,1-3H3,(H,25,27)/t20-/m1/s1. The van der Waals surface area contributed by atoms with E-state index in [2.05, 4.69) is 48.3 Å². The topological polar surface area (TPSA) is 41.6 Å². The number of likely N-dealkylation sites (tertiary alicyclic amines) is 1. The number of hydrogen-bond donors (Lipinski definition) is 1. The number of nitrogens with one attached hydrogen (secondary N) is 1. The SMILES string of the molecule is Cc1ccc(CN2CCC(C(=O)N[C@H](C)COc3ccc(C)cc3)CC2)cc1. The van der Waals surface area contributed by atoms with E-state index in [-0.39, 0.29) is 17.9 Å². The third kappa shape index (κ3) is 6.10. The quantitative estimate of drug-likeness (QED) is 0.786. The minimum Gasteiger partial charge on any atom is -0.491 e. The van der Waals surface area contributed by atoms with Gasteiger partial charge in [-0.1, -0.05) is 47.5 Å². The third-order valence-electron chi connectivity index (χ3n) is 5.39. The van der Waals surface area contributed by atoms with E-state index in [1.165, 1.54) is 16.7 Å². The van der Waals surface area contributed by atoms with Gasteiger partial charge in [-0.2, -0.15) is 0 Å². The van der Waals surface area contributed by atoms with Crippen LogP contribution < -0.4 is 10.1 Å². The summed E-state index contributed by atoms with van der Waals surface area (Å²) >= 11 is 0. The number of benzene rings is 2. The highest BCUT2D eigenvalue weighted by atomic mass is 16.5. The second kappa shape index (κ2) is 9.74. The molecule has 1 aliphatic heterocycles. The third-order valence-corrected chi connectivity index (χ3v) is 5.39. The summed E-state index contributed by atoms with van der Waals surface area (Å²) in [6.07, 6.45) is 1.84. The van der Waals surface area contributed by atoms with E-state index in [1.54, 1.807) is 0 Å². The predicted molar refractivity (Wildman–Crippen MR) is 113 cm³/mol. The van der Waals surface area contributed by atoms with Crippen molar-refractivity contribution in [3.63, 3.8) is 0 Å². The van der Waals surface area contributed by atoms with Crippen LogP contribution in [0.3, 0.4) is 0 Å². The molecule has 0 radical (unpaired) electrons. The molecule has 1 atom stereocenters. The van der Waals surface area contributed by atoms with Gasteiger partial charge in [0.25, 0.3) is 0 Å². The van der Waals surface area contributed by atoms with Crippen molar-refractivity contribution in [2.45, 2.75) is 46.2 Å². The molecule has 1 N–H and O–H groups in total. The molecule has 28 heavy (non-hydrogen) atoms. The summed E-state index contributed by atoms with van der Waals surface area (Å²) in [5, 5.41) is 3.12. The van der Waals surface area contributed by atoms with Crippen LogP contribution in [-0.4, -0.2) is 36.5 Å². The maximum atomic E-state index is 12.6. The van der Waals surface area contributed by atoms with Crippen LogP contribution in [0, 0.1) is 19.8 Å². The molecular weight excluding hydrogens is 348 g/mol. The van der Waals surface area contributed by atoms with Crippen molar-refractivity contribution in [3.8, 4) is 5.75 Å². The van der Waals surface area contributed by atoms with E-state index in [9.17, 15) is 4.79 Å². The Morgan fingerprint density at radius 1 is 1.04 bits per heavy atom. The summed E-state index contributed by atoms with van der Waals surface area (Å²) < 4.78 is 5.78. The van der Waals surface area contributed by atoms with E-state index >= 15 is 0 Å². The van der Waals surface area contributed by atoms with E-state index in [0.717, 1.165) is 38.2 Å². The highest BCUT2D eigenvalue weighted by Crippen LogP contribution is 2.20. The molecule has 2 aromatic rings. The molecule has 0 aromatic heterocycles. The van der Waals surface area contributed by atoms with Crippen LogP contribution in [0.2, 0.25) is 0 Å². The van der Waals surface area contributed by atoms with E-state index < -0.39 is 0 Å². The number of aryl methyl sites for hydroxylation is 2. The van der Waals surface area contributed by atoms with Gasteiger partial charge in [0.1, 0.15) is 12.4 Å². The average Bonchev–Trinajstić information content (AvgIpc) is 2.70. The van der Waals surface area contributed by atoms with Gasteiger partial charge in [-0.3, -0.25) is 9.69 Å². The summed E-state index contributed by atoms with van der Waals surface area (Å²) in [7, 11) is 0. The van der Waals surface area contributed by atoms with Crippen molar-refractivity contribution >= 4 is 5.91 Å². The zero-order valence-corrected chi connectivity index (χ0v) is 17.3. The smallest absolute Gasteiger partial charge is 0.223 e. The van der Waals surface area contributed by atoms with Gasteiger partial charge in [0.15, 0.2) is 0 Å². The molecule has 1 saturated heterocycles. The first kappa shape index (κ1) is 20.4. The van der Waals surface area contributed by atoms with Gasteiger partial charge in [-0.25, -0.2) is 0 Å². The molecule has 0 aliphatic carbocycles. The first-order chi connectivity index (χ1) is 13.5. The van der Waals surface area contributed by atoms with Gasteiger partial charge < -0.3 is 10.1 Å². The first-order valence-corrected chi connectivity index (χ1v) is 10.3. The number of nitrogens with zero attached hydrogens (tertiary/aromatic N) is 1. The molecule has 1 fully saturated rings. The molecule has 3 rings (SSSR count). The highest BCUT2D eigenvalue weighted by Gasteiger charge is 2.25. The number of rotatable bonds is 7. The number of amides is 1. The molecule has 4 nitrogen and oxygen atoms in total. The predicted octanol–water partition coefficient (Wildman–Crippen LogP) is 4.10. The van der Waals surface area contributed by atoms with Gasteiger partial charge in [0.05, 0.1) is 6.04 Å². The molecule has 0 unspecified atom stereocenters. The fraction of sp³-hybridized carbons (Fsp3) is 0.458. The Labute approximate surface area is 168 Å². The van der Waals surface area contributed by atoms with Crippen LogP contribution in [0.4, 0.5) is 0 Å². The highest BCUT2D eigenvalue weighted by molar-refractivity contribution is 5.79. The fourth-order valence-electron chi connectivity index (χ4n) is 3.56. The lowest BCUT2D eigenvalue weighted by Gasteiger charge is -2.32. The van der Waals surface area contributed by atoms with Crippen LogP contribution in [0.5, 0.6) is 5.75 Å². The number of piperidine rings is 1. The molecule has 0 bridgehead atoms. The molecule has 0 saturated carbocycles. The minimum atomic E-state index is -0.000564. The largest absolute Gasteiger partial charge is 0.491 e. The Kier molecular flexibility index (Phi) is 7.10. The van der Waals surface area contributed by atoms with Gasteiger partial charge in [0, 0.05) is 12.5 Å². The lowest BCUT2D eigenvalue weighted by atomic mass is 9.95. The second-order valence-corrected chi connectivity index (χ2v) is 8.07. The molecule has 1 aliphatic rings. The molecule has 150 valence electrons. The van der Waals surface area contributed by atoms with Crippen LogP contribution in [0.25, 0.3) is 0 Å². The second-order valence-electron chi connectivity index (χ2n) is 8.07. The van der Waals surface area contributed by atoms with Gasteiger partial charge in [-0.05, 0) is 64.4 Å². The summed E-state index contributed by atoms with van der Waals surface area (Å²) in [6, 6.07) is 16.7. The maximum absolute atomic E-state index is 12.6.